The number of nitrogens with zero attached hydrogens (tertiary/aromatic N) is 2. The molecule has 3 nitrogen and oxygen atoms in total. The van der Waals surface area contributed by atoms with Gasteiger partial charge in [0.25, 0.3) is 0 Å². The van der Waals surface area contributed by atoms with E-state index in [2.05, 4.69) is 71.3 Å². The average Bonchev–Trinajstić information content (AvgIpc) is 2.66. The minimum absolute atomic E-state index is 0.276. The molecule has 1 N–H and O–H groups in total. The number of hydrogen-bond acceptors (Lipinski definition) is 3. The van der Waals surface area contributed by atoms with Crippen molar-refractivity contribution < 1.29 is 5.11 Å². The van der Waals surface area contributed by atoms with E-state index in [9.17, 15) is 5.11 Å². The van der Waals surface area contributed by atoms with E-state index in [1.807, 2.05) is 0 Å². The van der Waals surface area contributed by atoms with Crippen LogP contribution in [0.4, 0.5) is 0 Å². The molecule has 1 aliphatic rings. The fourth-order valence-corrected chi connectivity index (χ4v) is 3.90. The Hall–Kier alpha value is -1.68. The highest BCUT2D eigenvalue weighted by atomic mass is 16.3. The van der Waals surface area contributed by atoms with Gasteiger partial charge in [0.15, 0.2) is 0 Å². The molecule has 1 heterocycles. The predicted molar refractivity (Wildman–Crippen MR) is 108 cm³/mol. The second kappa shape index (κ2) is 9.86. The Labute approximate surface area is 158 Å². The van der Waals surface area contributed by atoms with Crippen molar-refractivity contribution in [3.05, 3.63) is 71.3 Å². The zero-order valence-electron chi connectivity index (χ0n) is 16.0. The molecule has 140 valence electrons. The van der Waals surface area contributed by atoms with Crippen LogP contribution in [-0.2, 0) is 13.0 Å². The van der Waals surface area contributed by atoms with Gasteiger partial charge in [-0.3, -0.25) is 9.80 Å². The number of rotatable bonds is 8. The normalized spacial score (nSPS) is 18.9. The summed E-state index contributed by atoms with van der Waals surface area (Å²) in [5.74, 6) is 0. The van der Waals surface area contributed by atoms with Gasteiger partial charge < -0.3 is 5.11 Å². The first-order valence-electron chi connectivity index (χ1n) is 9.91. The molecule has 1 atom stereocenters. The molecule has 0 aliphatic carbocycles. The molecule has 0 amide bonds. The summed E-state index contributed by atoms with van der Waals surface area (Å²) >= 11 is 0. The van der Waals surface area contributed by atoms with Crippen LogP contribution in [0.15, 0.2) is 54.6 Å². The first-order valence-corrected chi connectivity index (χ1v) is 9.91. The van der Waals surface area contributed by atoms with Crippen molar-refractivity contribution in [3.8, 4) is 0 Å². The summed E-state index contributed by atoms with van der Waals surface area (Å²) in [6, 6.07) is 20.1. The lowest BCUT2D eigenvalue weighted by Crippen LogP contribution is -2.53. The van der Waals surface area contributed by atoms with Crippen molar-refractivity contribution in [2.45, 2.75) is 38.8 Å². The molecule has 0 saturated carbocycles. The summed E-state index contributed by atoms with van der Waals surface area (Å²) < 4.78 is 0. The topological polar surface area (TPSA) is 26.7 Å². The molecule has 0 bridgehead atoms. The number of aliphatic hydroxyl groups excluding tert-OH is 1. The Morgan fingerprint density at radius 2 is 1.73 bits per heavy atom. The van der Waals surface area contributed by atoms with Gasteiger partial charge in [-0.2, -0.15) is 0 Å². The molecule has 1 unspecified atom stereocenters. The van der Waals surface area contributed by atoms with E-state index < -0.39 is 0 Å². The molecule has 2 aromatic carbocycles. The van der Waals surface area contributed by atoms with Gasteiger partial charge in [-0.25, -0.2) is 0 Å². The van der Waals surface area contributed by atoms with Gasteiger partial charge in [0.05, 0.1) is 0 Å². The van der Waals surface area contributed by atoms with Gasteiger partial charge in [0, 0.05) is 38.8 Å². The van der Waals surface area contributed by atoms with Crippen molar-refractivity contribution in [3.63, 3.8) is 0 Å². The maximum absolute atomic E-state index is 9.50. The van der Waals surface area contributed by atoms with Crippen LogP contribution in [0.25, 0.3) is 0 Å². The number of benzene rings is 2. The lowest BCUT2D eigenvalue weighted by Gasteiger charge is -2.41. The van der Waals surface area contributed by atoms with Crippen molar-refractivity contribution in [1.82, 2.24) is 9.80 Å². The van der Waals surface area contributed by atoms with Crippen molar-refractivity contribution in [2.24, 2.45) is 0 Å². The van der Waals surface area contributed by atoms with Crippen LogP contribution in [0.5, 0.6) is 0 Å². The first-order chi connectivity index (χ1) is 12.7. The Bertz CT molecular complexity index is 641. The van der Waals surface area contributed by atoms with Gasteiger partial charge in [0.1, 0.15) is 0 Å². The molecule has 0 radical (unpaired) electrons. The standard InChI is InChI=1S/C23H32N2O/c1-20-9-11-22(12-10-20)18-24-15-16-25(23(19-24)13-17-26)14-5-8-21-6-3-2-4-7-21/h2-4,6-7,9-12,23,26H,5,8,13-19H2,1H3. The molecule has 1 aliphatic heterocycles. The van der Waals surface area contributed by atoms with E-state index in [0.29, 0.717) is 6.04 Å². The fraction of sp³-hybridized carbons (Fsp3) is 0.478. The molecule has 2 aromatic rings. The Balaban J connectivity index is 1.49. The van der Waals surface area contributed by atoms with Crippen LogP contribution in [-0.4, -0.2) is 53.7 Å². The van der Waals surface area contributed by atoms with Gasteiger partial charge in [0.2, 0.25) is 0 Å². The predicted octanol–water partition coefficient (Wildman–Crippen LogP) is 3.50. The summed E-state index contributed by atoms with van der Waals surface area (Å²) in [5, 5.41) is 9.50. The molecule has 3 heteroatoms. The average molecular weight is 353 g/mol. The second-order valence-corrected chi connectivity index (χ2v) is 7.51. The third kappa shape index (κ3) is 5.66. The smallest absolute Gasteiger partial charge is 0.0446 e. The minimum Gasteiger partial charge on any atom is -0.396 e. The molecule has 0 aromatic heterocycles. The van der Waals surface area contributed by atoms with Gasteiger partial charge in [-0.15, -0.1) is 0 Å². The van der Waals surface area contributed by atoms with Crippen LogP contribution < -0.4 is 0 Å². The van der Waals surface area contributed by atoms with E-state index >= 15 is 0 Å². The van der Waals surface area contributed by atoms with E-state index in [1.165, 1.54) is 23.1 Å². The number of aliphatic hydroxyl groups is 1. The third-order valence-electron chi connectivity index (χ3n) is 5.43. The summed E-state index contributed by atoms with van der Waals surface area (Å²) in [6.07, 6.45) is 3.19. The molecule has 1 fully saturated rings. The van der Waals surface area contributed by atoms with Crippen molar-refractivity contribution in [2.75, 3.05) is 32.8 Å². The zero-order chi connectivity index (χ0) is 18.2. The quantitative estimate of drug-likeness (QED) is 0.788. The molecule has 0 spiro atoms. The lowest BCUT2D eigenvalue weighted by atomic mass is 10.1. The molecule has 26 heavy (non-hydrogen) atoms. The Kier molecular flexibility index (Phi) is 7.24. The van der Waals surface area contributed by atoms with Gasteiger partial charge in [-0.05, 0) is 43.9 Å². The molecular weight excluding hydrogens is 320 g/mol. The van der Waals surface area contributed by atoms with E-state index in [0.717, 1.165) is 45.6 Å². The summed E-state index contributed by atoms with van der Waals surface area (Å²) in [7, 11) is 0. The highest BCUT2D eigenvalue weighted by Gasteiger charge is 2.26. The number of piperazine rings is 1. The number of aryl methyl sites for hydroxylation is 2. The zero-order valence-corrected chi connectivity index (χ0v) is 16.0. The summed E-state index contributed by atoms with van der Waals surface area (Å²) in [4.78, 5) is 5.13. The van der Waals surface area contributed by atoms with Crippen molar-refractivity contribution >= 4 is 0 Å². The SMILES string of the molecule is Cc1ccc(CN2CCN(CCCc3ccccc3)C(CCO)C2)cc1. The van der Waals surface area contributed by atoms with Crippen molar-refractivity contribution in [1.29, 1.82) is 0 Å². The van der Waals surface area contributed by atoms with Crippen LogP contribution in [0.1, 0.15) is 29.5 Å². The maximum atomic E-state index is 9.50. The Morgan fingerprint density at radius 1 is 0.962 bits per heavy atom. The van der Waals surface area contributed by atoms with Gasteiger partial charge in [-0.1, -0.05) is 60.2 Å². The maximum Gasteiger partial charge on any atom is 0.0446 e. The summed E-state index contributed by atoms with van der Waals surface area (Å²) in [6.45, 7) is 7.82. The molecular formula is C23H32N2O. The number of hydrogen-bond donors (Lipinski definition) is 1. The van der Waals surface area contributed by atoms with Crippen LogP contribution in [0.3, 0.4) is 0 Å². The largest absolute Gasteiger partial charge is 0.396 e. The fourth-order valence-electron chi connectivity index (χ4n) is 3.90. The van der Waals surface area contributed by atoms with Crippen LogP contribution in [0, 0.1) is 6.92 Å². The molecule has 3 rings (SSSR count). The molecule has 1 saturated heterocycles. The highest BCUT2D eigenvalue weighted by Crippen LogP contribution is 2.17. The van der Waals surface area contributed by atoms with Crippen LogP contribution in [0.2, 0.25) is 0 Å². The van der Waals surface area contributed by atoms with Crippen LogP contribution >= 0.6 is 0 Å². The Morgan fingerprint density at radius 3 is 2.46 bits per heavy atom. The third-order valence-corrected chi connectivity index (χ3v) is 5.43. The van der Waals surface area contributed by atoms with E-state index in [-0.39, 0.29) is 6.61 Å². The monoisotopic (exact) mass is 352 g/mol. The van der Waals surface area contributed by atoms with E-state index in [4.69, 9.17) is 0 Å². The first kappa shape index (κ1) is 19.1. The second-order valence-electron chi connectivity index (χ2n) is 7.51. The highest BCUT2D eigenvalue weighted by molar-refractivity contribution is 5.21. The summed E-state index contributed by atoms with van der Waals surface area (Å²) in [5.41, 5.74) is 4.12. The van der Waals surface area contributed by atoms with E-state index in [1.54, 1.807) is 0 Å². The minimum atomic E-state index is 0.276. The van der Waals surface area contributed by atoms with Gasteiger partial charge >= 0.3 is 0 Å². The lowest BCUT2D eigenvalue weighted by molar-refractivity contribution is 0.0547.